The maximum atomic E-state index is 11.7. The van der Waals surface area contributed by atoms with E-state index in [1.807, 2.05) is 0 Å². The van der Waals surface area contributed by atoms with Crippen LogP contribution in [-0.4, -0.2) is 12.4 Å². The summed E-state index contributed by atoms with van der Waals surface area (Å²) in [5, 5.41) is 0. The van der Waals surface area contributed by atoms with Gasteiger partial charge in [0.05, 0.1) is 6.61 Å². The molecule has 1 aliphatic carbocycles. The number of hydrogen-bond acceptors (Lipinski definition) is 2. The van der Waals surface area contributed by atoms with Crippen LogP contribution in [-0.2, 0) is 16.6 Å². The summed E-state index contributed by atoms with van der Waals surface area (Å²) >= 11 is 0. The van der Waals surface area contributed by atoms with Gasteiger partial charge in [0.1, 0.15) is 11.5 Å². The van der Waals surface area contributed by atoms with Crippen molar-refractivity contribution in [3.63, 3.8) is 0 Å². The summed E-state index contributed by atoms with van der Waals surface area (Å²) in [6, 6.07) is 6.50. The molecule has 1 saturated carbocycles. The average Bonchev–Trinajstić information content (AvgIpc) is 2.83. The van der Waals surface area contributed by atoms with E-state index < -0.39 is 0 Å². The Morgan fingerprint density at radius 2 is 2.05 bits per heavy atom. The molecule has 0 amide bonds. The smallest absolute Gasteiger partial charge is 0.136 e. The summed E-state index contributed by atoms with van der Waals surface area (Å²) in [5.41, 5.74) is 2.68. The van der Waals surface area contributed by atoms with E-state index in [4.69, 9.17) is 4.74 Å². The minimum absolute atomic E-state index is 0.0731. The van der Waals surface area contributed by atoms with E-state index in [-0.39, 0.29) is 11.3 Å². The second-order valence-corrected chi connectivity index (χ2v) is 7.13. The predicted octanol–water partition coefficient (Wildman–Crippen LogP) is 4.68. The van der Waals surface area contributed by atoms with Crippen molar-refractivity contribution in [1.29, 1.82) is 0 Å². The van der Waals surface area contributed by atoms with Gasteiger partial charge in [0.2, 0.25) is 0 Å². The summed E-state index contributed by atoms with van der Waals surface area (Å²) in [6.45, 7) is 9.47. The third-order valence-electron chi connectivity index (χ3n) is 4.42. The average molecular weight is 288 g/mol. The molecule has 1 aromatic carbocycles. The number of carbonyl (C=O) groups excluding carboxylic acids is 1. The Bertz CT molecular complexity index is 497. The van der Waals surface area contributed by atoms with Crippen molar-refractivity contribution >= 4 is 5.78 Å². The van der Waals surface area contributed by atoms with Crippen LogP contribution in [0, 0.1) is 5.92 Å². The number of benzene rings is 1. The van der Waals surface area contributed by atoms with Gasteiger partial charge < -0.3 is 4.74 Å². The molecule has 1 aliphatic rings. The summed E-state index contributed by atoms with van der Waals surface area (Å²) < 4.78 is 6.02. The van der Waals surface area contributed by atoms with Gasteiger partial charge in [-0.15, -0.1) is 0 Å². The fraction of sp³-hybridized carbons (Fsp3) is 0.632. The SMILES string of the molecule is CCc1ccc(OCCC2CCCC2=O)c(C(C)(C)C)c1. The number of ketones is 1. The van der Waals surface area contributed by atoms with Crippen LogP contribution in [0.1, 0.15) is 64.5 Å². The van der Waals surface area contributed by atoms with Gasteiger partial charge in [0, 0.05) is 12.3 Å². The summed E-state index contributed by atoms with van der Waals surface area (Å²) in [4.78, 5) is 11.7. The Morgan fingerprint density at radius 3 is 2.62 bits per heavy atom. The maximum Gasteiger partial charge on any atom is 0.136 e. The molecule has 21 heavy (non-hydrogen) atoms. The van der Waals surface area contributed by atoms with Gasteiger partial charge in [-0.3, -0.25) is 4.79 Å². The van der Waals surface area contributed by atoms with Crippen molar-refractivity contribution in [1.82, 2.24) is 0 Å². The first-order valence-corrected chi connectivity index (χ1v) is 8.20. The quantitative estimate of drug-likeness (QED) is 0.786. The van der Waals surface area contributed by atoms with Crippen LogP contribution in [0.5, 0.6) is 5.75 Å². The van der Waals surface area contributed by atoms with Gasteiger partial charge >= 0.3 is 0 Å². The monoisotopic (exact) mass is 288 g/mol. The van der Waals surface area contributed by atoms with Gasteiger partial charge in [0.15, 0.2) is 0 Å². The van der Waals surface area contributed by atoms with Gasteiger partial charge in [-0.1, -0.05) is 39.8 Å². The topological polar surface area (TPSA) is 26.3 Å². The molecule has 1 unspecified atom stereocenters. The van der Waals surface area contributed by atoms with Gasteiger partial charge in [-0.25, -0.2) is 0 Å². The van der Waals surface area contributed by atoms with Crippen LogP contribution < -0.4 is 4.74 Å². The summed E-state index contributed by atoms with van der Waals surface area (Å²) in [5.74, 6) is 1.64. The van der Waals surface area contributed by atoms with Crippen molar-refractivity contribution in [2.45, 2.75) is 65.2 Å². The molecular weight excluding hydrogens is 260 g/mol. The largest absolute Gasteiger partial charge is 0.493 e. The van der Waals surface area contributed by atoms with E-state index in [1.165, 1.54) is 11.1 Å². The van der Waals surface area contributed by atoms with Crippen LogP contribution in [0.4, 0.5) is 0 Å². The van der Waals surface area contributed by atoms with Crippen LogP contribution in [0.2, 0.25) is 0 Å². The second-order valence-electron chi connectivity index (χ2n) is 7.13. The van der Waals surface area contributed by atoms with Crippen molar-refractivity contribution < 1.29 is 9.53 Å². The Hall–Kier alpha value is -1.31. The number of rotatable bonds is 5. The number of hydrogen-bond donors (Lipinski definition) is 0. The molecule has 1 fully saturated rings. The van der Waals surface area contributed by atoms with E-state index >= 15 is 0 Å². The number of Topliss-reactive ketones (excluding diaryl/α,β-unsaturated/α-hetero) is 1. The van der Waals surface area contributed by atoms with E-state index in [9.17, 15) is 4.79 Å². The van der Waals surface area contributed by atoms with Crippen molar-refractivity contribution in [2.75, 3.05) is 6.61 Å². The summed E-state index contributed by atoms with van der Waals surface area (Å²) in [7, 11) is 0. The van der Waals surface area contributed by atoms with Crippen LogP contribution in [0.3, 0.4) is 0 Å². The van der Waals surface area contributed by atoms with E-state index in [0.29, 0.717) is 12.4 Å². The molecule has 2 heteroatoms. The van der Waals surface area contributed by atoms with Gasteiger partial charge in [0.25, 0.3) is 0 Å². The molecule has 1 aromatic rings. The lowest BCUT2D eigenvalue weighted by molar-refractivity contribution is -0.121. The third-order valence-corrected chi connectivity index (χ3v) is 4.42. The number of ether oxygens (including phenoxy) is 1. The van der Waals surface area contributed by atoms with Crippen LogP contribution in [0.25, 0.3) is 0 Å². The Balaban J connectivity index is 2.03. The first kappa shape index (κ1) is 16.1. The summed E-state index contributed by atoms with van der Waals surface area (Å²) in [6.07, 6.45) is 4.77. The second kappa shape index (κ2) is 6.64. The van der Waals surface area contributed by atoms with Crippen molar-refractivity contribution in [2.24, 2.45) is 5.92 Å². The maximum absolute atomic E-state index is 11.7. The molecule has 116 valence electrons. The zero-order valence-corrected chi connectivity index (χ0v) is 13.9. The Morgan fingerprint density at radius 1 is 1.29 bits per heavy atom. The molecule has 0 N–H and O–H groups in total. The van der Waals surface area contributed by atoms with Gasteiger partial charge in [-0.2, -0.15) is 0 Å². The number of carbonyl (C=O) groups is 1. The van der Waals surface area contributed by atoms with E-state index in [2.05, 4.69) is 45.9 Å². The van der Waals surface area contributed by atoms with Crippen molar-refractivity contribution in [3.8, 4) is 5.75 Å². The Kier molecular flexibility index (Phi) is 5.08. The molecule has 2 rings (SSSR count). The molecular formula is C19H28O2. The highest BCUT2D eigenvalue weighted by atomic mass is 16.5. The first-order valence-electron chi connectivity index (χ1n) is 8.20. The fourth-order valence-corrected chi connectivity index (χ4v) is 3.01. The first-order chi connectivity index (χ1) is 9.91. The molecule has 0 aliphatic heterocycles. The lowest BCUT2D eigenvalue weighted by Crippen LogP contribution is -2.16. The number of aryl methyl sites for hydroxylation is 1. The molecule has 0 heterocycles. The molecule has 0 saturated heterocycles. The highest BCUT2D eigenvalue weighted by molar-refractivity contribution is 5.82. The van der Waals surface area contributed by atoms with Gasteiger partial charge in [-0.05, 0) is 48.3 Å². The lowest BCUT2D eigenvalue weighted by atomic mass is 9.85. The fourth-order valence-electron chi connectivity index (χ4n) is 3.01. The third kappa shape index (κ3) is 4.09. The van der Waals surface area contributed by atoms with Crippen molar-refractivity contribution in [3.05, 3.63) is 29.3 Å². The molecule has 0 bridgehead atoms. The molecule has 2 nitrogen and oxygen atoms in total. The van der Waals surface area contributed by atoms with E-state index in [1.54, 1.807) is 0 Å². The zero-order valence-electron chi connectivity index (χ0n) is 13.9. The predicted molar refractivity (Wildman–Crippen MR) is 87.0 cm³/mol. The zero-order chi connectivity index (χ0) is 15.5. The standard InChI is InChI=1S/C19H28O2/c1-5-14-9-10-18(16(13-14)19(2,3)4)21-12-11-15-7-6-8-17(15)20/h9-10,13,15H,5-8,11-12H2,1-4H3. The molecule has 0 radical (unpaired) electrons. The van der Waals surface area contributed by atoms with E-state index in [0.717, 1.165) is 37.9 Å². The lowest BCUT2D eigenvalue weighted by Gasteiger charge is -2.24. The van der Waals surface area contributed by atoms with Crippen LogP contribution >= 0.6 is 0 Å². The highest BCUT2D eigenvalue weighted by Gasteiger charge is 2.24. The normalized spacial score (nSPS) is 19.0. The molecule has 0 spiro atoms. The highest BCUT2D eigenvalue weighted by Crippen LogP contribution is 2.33. The Labute approximate surface area is 128 Å². The molecule has 0 aromatic heterocycles. The minimum Gasteiger partial charge on any atom is -0.493 e. The van der Waals surface area contributed by atoms with Crippen LogP contribution in [0.15, 0.2) is 18.2 Å². The minimum atomic E-state index is 0.0731. The molecule has 1 atom stereocenters.